The minimum atomic E-state index is -0.865. The quantitative estimate of drug-likeness (QED) is 0.508. The Morgan fingerprint density at radius 3 is 2.35 bits per heavy atom. The van der Waals surface area contributed by atoms with E-state index in [1.54, 1.807) is 0 Å². The van der Waals surface area contributed by atoms with Crippen molar-refractivity contribution in [2.45, 2.75) is 83.5 Å². The summed E-state index contributed by atoms with van der Waals surface area (Å²) in [5, 5.41) is 18.2. The zero-order valence-corrected chi connectivity index (χ0v) is 16.3. The van der Waals surface area contributed by atoms with Crippen molar-refractivity contribution in [2.24, 2.45) is 11.8 Å². The van der Waals surface area contributed by atoms with Crippen LogP contribution in [0.25, 0.3) is 0 Å². The average molecular weight is 361 g/mol. The molecule has 0 saturated heterocycles. The van der Waals surface area contributed by atoms with Crippen LogP contribution < -0.4 is 0 Å². The number of aliphatic carboxylic acids is 1. The zero-order valence-electron chi connectivity index (χ0n) is 16.3. The van der Waals surface area contributed by atoms with Gasteiger partial charge in [-0.25, -0.2) is 0 Å². The maximum atomic E-state index is 11.0. The molecular weight excluding hydrogens is 324 g/mol. The van der Waals surface area contributed by atoms with E-state index < -0.39 is 11.9 Å². The fraction of sp³-hybridized carbons (Fsp3) is 0.696. The Labute approximate surface area is 158 Å². The molecule has 0 heterocycles. The van der Waals surface area contributed by atoms with Gasteiger partial charge < -0.3 is 10.2 Å². The van der Waals surface area contributed by atoms with Gasteiger partial charge >= 0.3 is 5.97 Å². The molecule has 0 amide bonds. The number of aliphatic hydroxyl groups excluding tert-OH is 1. The molecule has 1 unspecified atom stereocenters. The lowest BCUT2D eigenvalue weighted by atomic mass is 9.76. The smallest absolute Gasteiger partial charge is 0.308 e. The average Bonchev–Trinajstić information content (AvgIpc) is 2.66. The van der Waals surface area contributed by atoms with Crippen LogP contribution >= 0.6 is 0 Å². The van der Waals surface area contributed by atoms with Crippen molar-refractivity contribution in [2.75, 3.05) is 6.61 Å². The topological polar surface area (TPSA) is 57.5 Å². The zero-order chi connectivity index (χ0) is 18.8. The molecule has 3 heteroatoms. The van der Waals surface area contributed by atoms with E-state index in [4.69, 9.17) is 10.2 Å². The van der Waals surface area contributed by atoms with Gasteiger partial charge in [-0.15, -0.1) is 0 Å². The van der Waals surface area contributed by atoms with E-state index in [-0.39, 0.29) is 6.61 Å². The molecule has 3 nitrogen and oxygen atoms in total. The molecule has 1 atom stereocenters. The van der Waals surface area contributed by atoms with Gasteiger partial charge in [0, 0.05) is 0 Å². The second-order valence-electron chi connectivity index (χ2n) is 8.06. The molecule has 1 saturated carbocycles. The summed E-state index contributed by atoms with van der Waals surface area (Å²) in [6.45, 7) is 2.01. The highest BCUT2D eigenvalue weighted by molar-refractivity contribution is 5.69. The predicted molar refractivity (Wildman–Crippen MR) is 106 cm³/mol. The predicted octanol–water partition coefficient (Wildman–Crippen LogP) is 5.56. The second-order valence-corrected chi connectivity index (χ2v) is 8.06. The summed E-state index contributed by atoms with van der Waals surface area (Å²) < 4.78 is 0. The van der Waals surface area contributed by atoms with Crippen LogP contribution in [0.5, 0.6) is 0 Å². The highest BCUT2D eigenvalue weighted by atomic mass is 16.4. The number of carbonyl (C=O) groups is 1. The monoisotopic (exact) mass is 360 g/mol. The maximum Gasteiger partial charge on any atom is 0.308 e. The molecule has 1 aromatic carbocycles. The van der Waals surface area contributed by atoms with Crippen molar-refractivity contribution in [3.63, 3.8) is 0 Å². The summed E-state index contributed by atoms with van der Waals surface area (Å²) in [5.74, 6) is -0.167. The van der Waals surface area contributed by atoms with Crippen molar-refractivity contribution in [3.8, 4) is 0 Å². The van der Waals surface area contributed by atoms with E-state index in [1.165, 1.54) is 68.9 Å². The molecule has 0 radical (unpaired) electrons. The molecule has 0 aromatic heterocycles. The number of carboxylic acids is 1. The van der Waals surface area contributed by atoms with Crippen LogP contribution in [0.2, 0.25) is 0 Å². The molecule has 1 aliphatic carbocycles. The Morgan fingerprint density at radius 2 is 1.77 bits per heavy atom. The van der Waals surface area contributed by atoms with Gasteiger partial charge in [0.25, 0.3) is 0 Å². The summed E-state index contributed by atoms with van der Waals surface area (Å²) in [6, 6.07) is 9.27. The molecular formula is C23H36O3. The standard InChI is InChI=1S/C23H36O3/c1-2-3-4-5-6-18-7-12-20(13-8-18)21-14-9-19(10-15-21)11-16-22(17-24)23(25)26/h7-8,12-13,19,21-22,24H,2-6,9-11,14-17H2,1H3,(H,25,26). The molecule has 146 valence electrons. The lowest BCUT2D eigenvalue weighted by Crippen LogP contribution is -2.20. The number of aliphatic hydroxyl groups is 1. The third kappa shape index (κ3) is 6.75. The van der Waals surface area contributed by atoms with E-state index in [9.17, 15) is 4.79 Å². The minimum absolute atomic E-state index is 0.241. The number of aryl methyl sites for hydroxylation is 1. The molecule has 1 aliphatic rings. The van der Waals surface area contributed by atoms with Crippen molar-refractivity contribution in [3.05, 3.63) is 35.4 Å². The molecule has 1 fully saturated rings. The first-order chi connectivity index (χ1) is 12.6. The summed E-state index contributed by atoms with van der Waals surface area (Å²) in [4.78, 5) is 11.0. The molecule has 0 spiro atoms. The molecule has 2 N–H and O–H groups in total. The van der Waals surface area contributed by atoms with Crippen LogP contribution in [0, 0.1) is 11.8 Å². The largest absolute Gasteiger partial charge is 0.481 e. The van der Waals surface area contributed by atoms with Crippen LogP contribution in [-0.4, -0.2) is 22.8 Å². The number of carboxylic acid groups (broad SMARTS) is 1. The Hall–Kier alpha value is -1.35. The molecule has 0 bridgehead atoms. The maximum absolute atomic E-state index is 11.0. The second kappa shape index (κ2) is 11.4. The highest BCUT2D eigenvalue weighted by Gasteiger charge is 2.24. The first-order valence-electron chi connectivity index (χ1n) is 10.6. The Kier molecular flexibility index (Phi) is 9.17. The number of hydrogen-bond acceptors (Lipinski definition) is 2. The lowest BCUT2D eigenvalue weighted by molar-refractivity contribution is -0.143. The van der Waals surface area contributed by atoms with Gasteiger partial charge in [-0.1, -0.05) is 50.5 Å². The van der Waals surface area contributed by atoms with Crippen molar-refractivity contribution < 1.29 is 15.0 Å². The van der Waals surface area contributed by atoms with Gasteiger partial charge in [-0.2, -0.15) is 0 Å². The molecule has 0 aliphatic heterocycles. The number of benzene rings is 1. The van der Waals surface area contributed by atoms with Gasteiger partial charge in [0.05, 0.1) is 12.5 Å². The van der Waals surface area contributed by atoms with Crippen LogP contribution in [-0.2, 0) is 11.2 Å². The van der Waals surface area contributed by atoms with E-state index in [2.05, 4.69) is 31.2 Å². The van der Waals surface area contributed by atoms with Crippen molar-refractivity contribution >= 4 is 5.97 Å². The van der Waals surface area contributed by atoms with Gasteiger partial charge in [0.1, 0.15) is 0 Å². The van der Waals surface area contributed by atoms with E-state index >= 15 is 0 Å². The van der Waals surface area contributed by atoms with Gasteiger partial charge in [-0.3, -0.25) is 4.79 Å². The summed E-state index contributed by atoms with van der Waals surface area (Å²) in [5.41, 5.74) is 2.93. The lowest BCUT2D eigenvalue weighted by Gasteiger charge is -2.29. The molecule has 26 heavy (non-hydrogen) atoms. The van der Waals surface area contributed by atoms with Gasteiger partial charge in [0.2, 0.25) is 0 Å². The number of rotatable bonds is 11. The number of hydrogen-bond donors (Lipinski definition) is 2. The molecule has 1 aromatic rings. The third-order valence-corrected chi connectivity index (χ3v) is 6.11. The Balaban J connectivity index is 1.72. The van der Waals surface area contributed by atoms with Crippen LogP contribution in [0.3, 0.4) is 0 Å². The summed E-state index contributed by atoms with van der Waals surface area (Å²) in [6.07, 6.45) is 12.8. The number of unbranched alkanes of at least 4 members (excludes halogenated alkanes) is 3. The van der Waals surface area contributed by atoms with Crippen LogP contribution in [0.4, 0.5) is 0 Å². The van der Waals surface area contributed by atoms with E-state index in [1.807, 2.05) is 0 Å². The Morgan fingerprint density at radius 1 is 1.08 bits per heavy atom. The van der Waals surface area contributed by atoms with Crippen molar-refractivity contribution in [1.82, 2.24) is 0 Å². The van der Waals surface area contributed by atoms with E-state index in [0.717, 1.165) is 6.42 Å². The SMILES string of the molecule is CCCCCCc1ccc(C2CCC(CCC(CO)C(=O)O)CC2)cc1. The van der Waals surface area contributed by atoms with Gasteiger partial charge in [-0.05, 0) is 74.3 Å². The van der Waals surface area contributed by atoms with Crippen LogP contribution in [0.15, 0.2) is 24.3 Å². The fourth-order valence-corrected chi connectivity index (χ4v) is 4.23. The summed E-state index contributed by atoms with van der Waals surface area (Å²) >= 11 is 0. The normalized spacial score (nSPS) is 21.5. The summed E-state index contributed by atoms with van der Waals surface area (Å²) in [7, 11) is 0. The molecule has 2 rings (SSSR count). The third-order valence-electron chi connectivity index (χ3n) is 6.11. The minimum Gasteiger partial charge on any atom is -0.481 e. The first-order valence-corrected chi connectivity index (χ1v) is 10.6. The fourth-order valence-electron chi connectivity index (χ4n) is 4.23. The first kappa shape index (κ1) is 21.0. The van der Waals surface area contributed by atoms with Crippen LogP contribution in [0.1, 0.15) is 88.2 Å². The highest BCUT2D eigenvalue weighted by Crippen LogP contribution is 2.38. The van der Waals surface area contributed by atoms with E-state index in [0.29, 0.717) is 18.3 Å². The van der Waals surface area contributed by atoms with Gasteiger partial charge in [0.15, 0.2) is 0 Å². The Bertz CT molecular complexity index is 515. The van der Waals surface area contributed by atoms with Crippen molar-refractivity contribution in [1.29, 1.82) is 0 Å².